The van der Waals surface area contributed by atoms with Gasteiger partial charge in [0, 0.05) is 23.0 Å². The van der Waals surface area contributed by atoms with Crippen LogP contribution in [0.2, 0.25) is 10.0 Å². The fraction of sp³-hybridized carbons (Fsp3) is 0.286. The van der Waals surface area contributed by atoms with Crippen molar-refractivity contribution in [3.05, 3.63) is 82.4 Å². The molecule has 0 unspecified atom stereocenters. The van der Waals surface area contributed by atoms with Crippen molar-refractivity contribution in [2.75, 3.05) is 13.2 Å². The molecule has 4 rings (SSSR count). The largest absolute Gasteiger partial charge is 0.342 e. The maximum absolute atomic E-state index is 12.5. The van der Waals surface area contributed by atoms with Gasteiger partial charge in [-0.25, -0.2) is 4.98 Å². The Kier molecular flexibility index (Phi) is 6.39. The normalized spacial score (nSPS) is 21.5. The molecule has 2 atom stereocenters. The maximum Gasteiger partial charge on any atom is 0.297 e. The highest BCUT2D eigenvalue weighted by molar-refractivity contribution is 7.86. The van der Waals surface area contributed by atoms with Gasteiger partial charge < -0.3 is 14.0 Å². The molecule has 0 radical (unpaired) electrons. The first-order valence-corrected chi connectivity index (χ1v) is 11.6. The average Bonchev–Trinajstić information content (AvgIpc) is 3.38. The fourth-order valence-corrected chi connectivity index (χ4v) is 4.80. The summed E-state index contributed by atoms with van der Waals surface area (Å²) in [5.74, 6) is -1.25. The second-order valence-corrected chi connectivity index (χ2v) is 9.67. The molecule has 1 saturated heterocycles. The van der Waals surface area contributed by atoms with Crippen LogP contribution in [0.3, 0.4) is 0 Å². The minimum absolute atomic E-state index is 0.0856. The van der Waals surface area contributed by atoms with E-state index in [9.17, 15) is 8.42 Å². The van der Waals surface area contributed by atoms with Crippen molar-refractivity contribution in [1.29, 1.82) is 0 Å². The molecular formula is C21H20Cl2N2O5S. The molecule has 0 saturated carbocycles. The van der Waals surface area contributed by atoms with Crippen LogP contribution in [0.4, 0.5) is 0 Å². The summed E-state index contributed by atoms with van der Waals surface area (Å²) in [5, 5.41) is 0.857. The van der Waals surface area contributed by atoms with E-state index >= 15 is 0 Å². The molecule has 2 heterocycles. The van der Waals surface area contributed by atoms with Crippen molar-refractivity contribution in [3.63, 3.8) is 0 Å². The quantitative estimate of drug-likeness (QED) is 0.470. The van der Waals surface area contributed by atoms with Gasteiger partial charge in [-0.15, -0.1) is 0 Å². The number of halogens is 2. The third-order valence-electron chi connectivity index (χ3n) is 4.87. The Hall–Kier alpha value is -1.94. The van der Waals surface area contributed by atoms with Gasteiger partial charge in [-0.2, -0.15) is 8.42 Å². The maximum atomic E-state index is 12.5. The Morgan fingerprint density at radius 1 is 1.23 bits per heavy atom. The number of hydrogen-bond acceptors (Lipinski definition) is 6. The van der Waals surface area contributed by atoms with E-state index in [2.05, 4.69) is 4.98 Å². The third kappa shape index (κ3) is 4.95. The Bertz CT molecular complexity index is 1150. The second kappa shape index (κ2) is 8.90. The molecule has 7 nitrogen and oxygen atoms in total. The minimum Gasteiger partial charge on any atom is -0.342 e. The van der Waals surface area contributed by atoms with Crippen LogP contribution in [0.1, 0.15) is 11.1 Å². The van der Waals surface area contributed by atoms with Crippen LogP contribution in [0.25, 0.3) is 0 Å². The van der Waals surface area contributed by atoms with Gasteiger partial charge in [-0.05, 0) is 31.2 Å². The Balaban J connectivity index is 1.53. The third-order valence-corrected chi connectivity index (χ3v) is 6.71. The summed E-state index contributed by atoms with van der Waals surface area (Å²) < 4.78 is 44.3. The molecule has 2 aromatic carbocycles. The van der Waals surface area contributed by atoms with Crippen molar-refractivity contribution in [1.82, 2.24) is 9.55 Å². The summed E-state index contributed by atoms with van der Waals surface area (Å²) in [5.41, 5.74) is 1.53. The molecular weight excluding hydrogens is 463 g/mol. The number of aromatic nitrogens is 2. The summed E-state index contributed by atoms with van der Waals surface area (Å²) in [7, 11) is -3.92. The van der Waals surface area contributed by atoms with Crippen LogP contribution in [-0.2, 0) is 36.1 Å². The summed E-state index contributed by atoms with van der Waals surface area (Å²) in [6, 6.07) is 11.5. The lowest BCUT2D eigenvalue weighted by atomic mass is 10.1. The zero-order valence-corrected chi connectivity index (χ0v) is 18.9. The van der Waals surface area contributed by atoms with Crippen molar-refractivity contribution < 1.29 is 22.1 Å². The molecule has 0 aliphatic carbocycles. The van der Waals surface area contributed by atoms with Gasteiger partial charge in [0.05, 0.1) is 36.0 Å². The van der Waals surface area contributed by atoms with Gasteiger partial charge in [-0.3, -0.25) is 4.18 Å². The Labute approximate surface area is 190 Å². The molecule has 1 aliphatic rings. The number of imidazole rings is 1. The van der Waals surface area contributed by atoms with E-state index in [0.29, 0.717) is 15.6 Å². The molecule has 164 valence electrons. The topological polar surface area (TPSA) is 79.7 Å². The molecule has 3 aromatic rings. The first-order valence-electron chi connectivity index (χ1n) is 9.47. The van der Waals surface area contributed by atoms with Crippen LogP contribution in [-0.4, -0.2) is 37.3 Å². The molecule has 1 fully saturated rings. The van der Waals surface area contributed by atoms with E-state index in [0.717, 1.165) is 5.56 Å². The average molecular weight is 483 g/mol. The summed E-state index contributed by atoms with van der Waals surface area (Å²) in [6.45, 7) is 2.06. The van der Waals surface area contributed by atoms with Gasteiger partial charge >= 0.3 is 0 Å². The van der Waals surface area contributed by atoms with E-state index in [1.165, 1.54) is 12.1 Å². The summed E-state index contributed by atoms with van der Waals surface area (Å²) >= 11 is 12.5. The minimum atomic E-state index is -3.92. The molecule has 0 N–H and O–H groups in total. The standard InChI is InChI=1S/C21H20Cl2N2O5S/c1-15-2-5-18(6-3-15)31(26,27)29-12-17-11-28-21(30-17,13-25-9-8-24-14-25)19-7-4-16(22)10-20(19)23/h2-10,14,17H,11-13H2,1H3/t17-,21+/m0/s1. The number of rotatable bonds is 7. The highest BCUT2D eigenvalue weighted by Gasteiger charge is 2.45. The van der Waals surface area contributed by atoms with E-state index in [1.807, 2.05) is 6.92 Å². The molecule has 1 aromatic heterocycles. The van der Waals surface area contributed by atoms with Crippen LogP contribution in [0.15, 0.2) is 66.1 Å². The SMILES string of the molecule is Cc1ccc(S(=O)(=O)OC[C@@H]2CO[C@@](Cn3ccnc3)(c3ccc(Cl)cc3Cl)O2)cc1. The summed E-state index contributed by atoms with van der Waals surface area (Å²) in [4.78, 5) is 4.13. The number of ether oxygens (including phenoxy) is 2. The summed E-state index contributed by atoms with van der Waals surface area (Å²) in [6.07, 6.45) is 4.41. The van der Waals surface area contributed by atoms with E-state index in [1.54, 1.807) is 53.6 Å². The molecule has 0 spiro atoms. The monoisotopic (exact) mass is 482 g/mol. The molecule has 0 bridgehead atoms. The molecule has 31 heavy (non-hydrogen) atoms. The molecule has 1 aliphatic heterocycles. The second-order valence-electron chi connectivity index (χ2n) is 7.21. The van der Waals surface area contributed by atoms with Gasteiger partial charge in [-0.1, -0.05) is 47.0 Å². The van der Waals surface area contributed by atoms with Crippen molar-refractivity contribution in [2.45, 2.75) is 30.3 Å². The Morgan fingerprint density at radius 2 is 2.00 bits per heavy atom. The van der Waals surface area contributed by atoms with Crippen molar-refractivity contribution in [2.24, 2.45) is 0 Å². The first-order chi connectivity index (χ1) is 14.8. The van der Waals surface area contributed by atoms with Crippen LogP contribution in [0.5, 0.6) is 0 Å². The first kappa shape index (κ1) is 22.3. The highest BCUT2D eigenvalue weighted by atomic mass is 35.5. The lowest BCUT2D eigenvalue weighted by molar-refractivity contribution is -0.189. The van der Waals surface area contributed by atoms with Gasteiger partial charge in [0.25, 0.3) is 10.1 Å². The van der Waals surface area contributed by atoms with E-state index in [4.69, 9.17) is 36.9 Å². The van der Waals surface area contributed by atoms with Gasteiger partial charge in [0.1, 0.15) is 6.10 Å². The van der Waals surface area contributed by atoms with Crippen LogP contribution in [0, 0.1) is 6.92 Å². The fourth-order valence-electron chi connectivity index (χ4n) is 3.31. The number of benzene rings is 2. The highest BCUT2D eigenvalue weighted by Crippen LogP contribution is 2.40. The predicted octanol–water partition coefficient (Wildman–Crippen LogP) is 4.17. The van der Waals surface area contributed by atoms with Crippen LogP contribution >= 0.6 is 23.2 Å². The smallest absolute Gasteiger partial charge is 0.297 e. The van der Waals surface area contributed by atoms with E-state index < -0.39 is 22.0 Å². The van der Waals surface area contributed by atoms with Gasteiger partial charge in [0.15, 0.2) is 0 Å². The predicted molar refractivity (Wildman–Crippen MR) is 116 cm³/mol. The van der Waals surface area contributed by atoms with Crippen molar-refractivity contribution in [3.8, 4) is 0 Å². The molecule has 10 heteroatoms. The van der Waals surface area contributed by atoms with Gasteiger partial charge in [0.2, 0.25) is 5.79 Å². The lowest BCUT2D eigenvalue weighted by Gasteiger charge is -2.29. The molecule has 0 amide bonds. The number of nitrogens with zero attached hydrogens (tertiary/aromatic N) is 2. The number of aryl methyl sites for hydroxylation is 1. The lowest BCUT2D eigenvalue weighted by Crippen LogP contribution is -2.34. The van der Waals surface area contributed by atoms with E-state index in [-0.39, 0.29) is 24.7 Å². The van der Waals surface area contributed by atoms with Crippen molar-refractivity contribution >= 4 is 33.3 Å². The Morgan fingerprint density at radius 3 is 2.68 bits per heavy atom. The number of hydrogen-bond donors (Lipinski definition) is 0. The zero-order chi connectivity index (χ0) is 22.1. The van der Waals surface area contributed by atoms with Crippen LogP contribution < -0.4 is 0 Å². The zero-order valence-electron chi connectivity index (χ0n) is 16.6.